The van der Waals surface area contributed by atoms with E-state index in [-0.39, 0.29) is 34.5 Å². The molecule has 0 N–H and O–H groups in total. The number of hydrogen-bond donors (Lipinski definition) is 0. The first kappa shape index (κ1) is 13.9. The predicted octanol–water partition coefficient (Wildman–Crippen LogP) is -1.68. The van der Waals surface area contributed by atoms with E-state index in [2.05, 4.69) is 6.58 Å². The molecule has 5 heteroatoms. The molecule has 0 saturated heterocycles. The summed E-state index contributed by atoms with van der Waals surface area (Å²) in [6, 6.07) is 5.82. The zero-order chi connectivity index (χ0) is 9.90. The molecule has 1 aromatic carbocycles. The fourth-order valence-electron chi connectivity index (χ4n) is 0.959. The maximum Gasteiger partial charge on any atom is 1.00 e. The van der Waals surface area contributed by atoms with Crippen LogP contribution in [0.15, 0.2) is 41.8 Å². The van der Waals surface area contributed by atoms with Crippen molar-refractivity contribution in [3.05, 3.63) is 42.5 Å². The Bertz CT molecular complexity index is 395. The van der Waals surface area contributed by atoms with E-state index in [9.17, 15) is 13.0 Å². The Morgan fingerprint density at radius 1 is 1.29 bits per heavy atom. The van der Waals surface area contributed by atoms with Crippen LogP contribution in [0.25, 0.3) is 0 Å². The minimum atomic E-state index is -4.31. The molecule has 0 bridgehead atoms. The largest absolute Gasteiger partial charge is 1.00 e. The smallest absolute Gasteiger partial charge is 0.744 e. The molecule has 0 aliphatic heterocycles. The van der Waals surface area contributed by atoms with Crippen molar-refractivity contribution in [2.75, 3.05) is 0 Å². The second-order valence-electron chi connectivity index (χ2n) is 2.59. The van der Waals surface area contributed by atoms with E-state index in [0.717, 1.165) is 5.56 Å². The molecule has 14 heavy (non-hydrogen) atoms. The molecule has 0 unspecified atom stereocenters. The van der Waals surface area contributed by atoms with Gasteiger partial charge in [-0.25, -0.2) is 8.42 Å². The predicted molar refractivity (Wildman–Crippen MR) is 48.3 cm³/mol. The Hall–Kier alpha value is -0.130. The van der Waals surface area contributed by atoms with Gasteiger partial charge in [0.25, 0.3) is 0 Å². The molecule has 0 amide bonds. The first-order valence-electron chi connectivity index (χ1n) is 3.70. The van der Waals surface area contributed by atoms with Crippen LogP contribution in [0.2, 0.25) is 0 Å². The van der Waals surface area contributed by atoms with Gasteiger partial charge >= 0.3 is 29.6 Å². The van der Waals surface area contributed by atoms with Crippen molar-refractivity contribution in [3.63, 3.8) is 0 Å². The van der Waals surface area contributed by atoms with Crippen LogP contribution in [-0.2, 0) is 16.5 Å². The third kappa shape index (κ3) is 3.94. The van der Waals surface area contributed by atoms with Crippen molar-refractivity contribution in [1.82, 2.24) is 0 Å². The quantitative estimate of drug-likeness (QED) is 0.347. The van der Waals surface area contributed by atoms with Crippen molar-refractivity contribution in [2.45, 2.75) is 11.3 Å². The second kappa shape index (κ2) is 5.68. The summed E-state index contributed by atoms with van der Waals surface area (Å²) in [4.78, 5) is -0.194. The normalized spacial score (nSPS) is 10.4. The van der Waals surface area contributed by atoms with Crippen molar-refractivity contribution in [3.8, 4) is 0 Å². The molecule has 0 aliphatic carbocycles. The Kier molecular flexibility index (Phi) is 5.63. The van der Waals surface area contributed by atoms with Gasteiger partial charge in [0, 0.05) is 0 Å². The minimum Gasteiger partial charge on any atom is -0.744 e. The van der Waals surface area contributed by atoms with Crippen LogP contribution in [0.4, 0.5) is 0 Å². The maximum absolute atomic E-state index is 10.5. The monoisotopic (exact) mass is 220 g/mol. The van der Waals surface area contributed by atoms with E-state index in [1.807, 2.05) is 0 Å². The molecular weight excluding hydrogens is 211 g/mol. The molecular formula is C9H9NaO3S. The Labute approximate surface area is 106 Å². The van der Waals surface area contributed by atoms with E-state index < -0.39 is 10.1 Å². The zero-order valence-corrected chi connectivity index (χ0v) is 10.8. The third-order valence-corrected chi connectivity index (χ3v) is 2.44. The van der Waals surface area contributed by atoms with Crippen LogP contribution in [0.3, 0.4) is 0 Å². The molecule has 0 heterocycles. The van der Waals surface area contributed by atoms with Crippen LogP contribution >= 0.6 is 0 Å². The molecule has 70 valence electrons. The van der Waals surface area contributed by atoms with Crippen LogP contribution in [0.5, 0.6) is 0 Å². The Morgan fingerprint density at radius 3 is 2.14 bits per heavy atom. The van der Waals surface area contributed by atoms with Gasteiger partial charge in [-0.1, -0.05) is 18.2 Å². The van der Waals surface area contributed by atoms with Gasteiger partial charge in [-0.05, 0) is 24.1 Å². The van der Waals surface area contributed by atoms with Crippen LogP contribution in [-0.4, -0.2) is 13.0 Å². The molecule has 0 aliphatic rings. The van der Waals surface area contributed by atoms with Crippen LogP contribution in [0.1, 0.15) is 5.56 Å². The Balaban J connectivity index is 0.00000169. The van der Waals surface area contributed by atoms with Gasteiger partial charge in [0.15, 0.2) is 0 Å². The maximum atomic E-state index is 10.5. The molecule has 0 fully saturated rings. The molecule has 0 saturated carbocycles. The van der Waals surface area contributed by atoms with Gasteiger partial charge in [0.2, 0.25) is 0 Å². The molecule has 0 radical (unpaired) electrons. The fourth-order valence-corrected chi connectivity index (χ4v) is 1.43. The molecule has 0 spiro atoms. The number of rotatable bonds is 3. The minimum absolute atomic E-state index is 0. The molecule has 3 nitrogen and oxygen atoms in total. The summed E-state index contributed by atoms with van der Waals surface area (Å²) in [6.45, 7) is 3.55. The van der Waals surface area contributed by atoms with Gasteiger partial charge in [-0.2, -0.15) is 0 Å². The molecule has 1 aromatic rings. The van der Waals surface area contributed by atoms with Gasteiger partial charge in [-0.15, -0.1) is 6.58 Å². The molecule has 0 aromatic heterocycles. The summed E-state index contributed by atoms with van der Waals surface area (Å²) in [5.74, 6) is 0. The van der Waals surface area contributed by atoms with Gasteiger partial charge < -0.3 is 4.55 Å². The first-order chi connectivity index (χ1) is 6.04. The van der Waals surface area contributed by atoms with Gasteiger partial charge in [0.05, 0.1) is 4.90 Å². The van der Waals surface area contributed by atoms with E-state index in [1.165, 1.54) is 12.1 Å². The first-order valence-corrected chi connectivity index (χ1v) is 5.10. The topological polar surface area (TPSA) is 57.2 Å². The summed E-state index contributed by atoms with van der Waals surface area (Å²) in [6.07, 6.45) is 2.37. The van der Waals surface area contributed by atoms with Crippen molar-refractivity contribution >= 4 is 10.1 Å². The van der Waals surface area contributed by atoms with E-state index >= 15 is 0 Å². The van der Waals surface area contributed by atoms with Crippen molar-refractivity contribution < 1.29 is 42.5 Å². The average molecular weight is 220 g/mol. The van der Waals surface area contributed by atoms with Gasteiger partial charge in [-0.3, -0.25) is 0 Å². The zero-order valence-electron chi connectivity index (χ0n) is 7.93. The summed E-state index contributed by atoms with van der Waals surface area (Å²) < 4.78 is 31.6. The number of benzene rings is 1. The van der Waals surface area contributed by atoms with Crippen LogP contribution in [0, 0.1) is 0 Å². The van der Waals surface area contributed by atoms with E-state index in [4.69, 9.17) is 0 Å². The number of hydrogen-bond acceptors (Lipinski definition) is 3. The summed E-state index contributed by atoms with van der Waals surface area (Å²) >= 11 is 0. The van der Waals surface area contributed by atoms with Crippen molar-refractivity contribution in [2.24, 2.45) is 0 Å². The standard InChI is InChI=1S/C9H10O3S.Na/c1-2-3-8-4-6-9(7-5-8)13(10,11)12;/h2,4-7H,1,3H2,(H,10,11,12);/q;+1/p-1. The third-order valence-electron chi connectivity index (χ3n) is 1.59. The Morgan fingerprint density at radius 2 is 1.79 bits per heavy atom. The SMILES string of the molecule is C=CCc1ccc(S(=O)(=O)[O-])cc1.[Na+]. The van der Waals surface area contributed by atoms with E-state index in [1.54, 1.807) is 18.2 Å². The average Bonchev–Trinajstić information content (AvgIpc) is 2.04. The van der Waals surface area contributed by atoms with Crippen LogP contribution < -0.4 is 29.6 Å². The molecule has 0 atom stereocenters. The summed E-state index contributed by atoms with van der Waals surface area (Å²) in [7, 11) is -4.31. The van der Waals surface area contributed by atoms with E-state index in [0.29, 0.717) is 6.42 Å². The number of allylic oxidation sites excluding steroid dienone is 1. The van der Waals surface area contributed by atoms with Crippen molar-refractivity contribution in [1.29, 1.82) is 0 Å². The summed E-state index contributed by atoms with van der Waals surface area (Å²) in [5.41, 5.74) is 0.933. The second-order valence-corrected chi connectivity index (χ2v) is 3.97. The summed E-state index contributed by atoms with van der Waals surface area (Å²) in [5, 5.41) is 0. The molecule has 1 rings (SSSR count). The van der Waals surface area contributed by atoms with Gasteiger partial charge in [0.1, 0.15) is 10.1 Å². The fraction of sp³-hybridized carbons (Fsp3) is 0.111.